The lowest BCUT2D eigenvalue weighted by Gasteiger charge is -2.13. The van der Waals surface area contributed by atoms with Crippen molar-refractivity contribution in [2.45, 2.75) is 18.1 Å². The average molecular weight is 265 g/mol. The van der Waals surface area contributed by atoms with Crippen molar-refractivity contribution in [2.75, 3.05) is 23.3 Å². The molecule has 1 unspecified atom stereocenters. The molecular formula is C12H15N3O2S. The zero-order valence-corrected chi connectivity index (χ0v) is 10.7. The fourth-order valence-corrected chi connectivity index (χ4v) is 3.89. The SMILES string of the molecule is N#Cc1cc(N)ccc1NCC1CCCS1(=O)=O. The Morgan fingerprint density at radius 2 is 2.28 bits per heavy atom. The first-order valence-electron chi connectivity index (χ1n) is 5.78. The van der Waals surface area contributed by atoms with E-state index >= 15 is 0 Å². The Morgan fingerprint density at radius 1 is 1.50 bits per heavy atom. The lowest BCUT2D eigenvalue weighted by Crippen LogP contribution is -2.25. The average Bonchev–Trinajstić information content (AvgIpc) is 2.66. The molecule has 6 heteroatoms. The highest BCUT2D eigenvalue weighted by atomic mass is 32.2. The Bertz CT molecular complexity index is 590. The van der Waals surface area contributed by atoms with Gasteiger partial charge in [0.1, 0.15) is 6.07 Å². The van der Waals surface area contributed by atoms with Crippen LogP contribution in [-0.4, -0.2) is 26.0 Å². The maximum atomic E-state index is 11.7. The second kappa shape index (κ2) is 4.86. The fraction of sp³-hybridized carbons (Fsp3) is 0.417. The number of nitriles is 1. The second-order valence-corrected chi connectivity index (χ2v) is 6.83. The first-order valence-corrected chi connectivity index (χ1v) is 7.49. The molecule has 1 aliphatic heterocycles. The zero-order valence-electron chi connectivity index (χ0n) is 9.89. The van der Waals surface area contributed by atoms with E-state index in [2.05, 4.69) is 5.32 Å². The minimum absolute atomic E-state index is 0.270. The standard InChI is InChI=1S/C12H15N3O2S/c13-7-9-6-10(14)3-4-12(9)15-8-11-2-1-5-18(11,16)17/h3-4,6,11,15H,1-2,5,8,14H2. The van der Waals surface area contributed by atoms with Crippen molar-refractivity contribution in [1.29, 1.82) is 5.26 Å². The predicted octanol–water partition coefficient (Wildman–Crippen LogP) is 1.13. The molecule has 1 atom stereocenters. The second-order valence-electron chi connectivity index (χ2n) is 4.43. The largest absolute Gasteiger partial charge is 0.399 e. The van der Waals surface area contributed by atoms with Gasteiger partial charge in [-0.1, -0.05) is 0 Å². The van der Waals surface area contributed by atoms with Crippen molar-refractivity contribution >= 4 is 21.2 Å². The molecule has 1 fully saturated rings. The van der Waals surface area contributed by atoms with Crippen LogP contribution < -0.4 is 11.1 Å². The van der Waals surface area contributed by atoms with Crippen molar-refractivity contribution in [2.24, 2.45) is 0 Å². The first-order chi connectivity index (χ1) is 8.53. The van der Waals surface area contributed by atoms with E-state index in [1.807, 2.05) is 6.07 Å². The van der Waals surface area contributed by atoms with Gasteiger partial charge >= 0.3 is 0 Å². The van der Waals surface area contributed by atoms with E-state index < -0.39 is 9.84 Å². The van der Waals surface area contributed by atoms with Gasteiger partial charge in [-0.15, -0.1) is 0 Å². The van der Waals surface area contributed by atoms with E-state index in [9.17, 15) is 8.42 Å². The number of nitrogens with one attached hydrogen (secondary N) is 1. The monoisotopic (exact) mass is 265 g/mol. The number of nitrogens with two attached hydrogens (primary N) is 1. The summed E-state index contributed by atoms with van der Waals surface area (Å²) in [5.74, 6) is 0.270. The van der Waals surface area contributed by atoms with Crippen molar-refractivity contribution in [3.8, 4) is 6.07 Å². The van der Waals surface area contributed by atoms with Crippen LogP contribution in [0.4, 0.5) is 11.4 Å². The molecule has 2 rings (SSSR count). The van der Waals surface area contributed by atoms with E-state index in [1.165, 1.54) is 0 Å². The number of hydrogen-bond acceptors (Lipinski definition) is 5. The van der Waals surface area contributed by atoms with Crippen molar-refractivity contribution in [3.63, 3.8) is 0 Å². The molecule has 0 radical (unpaired) electrons. The number of nitrogen functional groups attached to an aromatic ring is 1. The summed E-state index contributed by atoms with van der Waals surface area (Å²) < 4.78 is 23.3. The van der Waals surface area contributed by atoms with Gasteiger partial charge in [0, 0.05) is 12.2 Å². The highest BCUT2D eigenvalue weighted by molar-refractivity contribution is 7.92. The molecule has 5 nitrogen and oxygen atoms in total. The van der Waals surface area contributed by atoms with Crippen LogP contribution in [0.1, 0.15) is 18.4 Å². The van der Waals surface area contributed by atoms with Gasteiger partial charge in [-0.05, 0) is 31.0 Å². The number of hydrogen-bond donors (Lipinski definition) is 2. The van der Waals surface area contributed by atoms with E-state index in [0.29, 0.717) is 29.9 Å². The van der Waals surface area contributed by atoms with Crippen LogP contribution in [0.2, 0.25) is 0 Å². The third-order valence-corrected chi connectivity index (χ3v) is 5.42. The zero-order chi connectivity index (χ0) is 13.2. The highest BCUT2D eigenvalue weighted by Crippen LogP contribution is 2.22. The van der Waals surface area contributed by atoms with Gasteiger partial charge in [0.25, 0.3) is 0 Å². The summed E-state index contributed by atoms with van der Waals surface area (Å²) in [7, 11) is -2.96. The van der Waals surface area contributed by atoms with Crippen LogP contribution in [0, 0.1) is 11.3 Å². The maximum Gasteiger partial charge on any atom is 0.154 e. The van der Waals surface area contributed by atoms with E-state index in [1.54, 1.807) is 18.2 Å². The Morgan fingerprint density at radius 3 is 2.89 bits per heavy atom. The topological polar surface area (TPSA) is 96.0 Å². The molecule has 1 aromatic carbocycles. The molecule has 1 aromatic rings. The van der Waals surface area contributed by atoms with E-state index in [4.69, 9.17) is 11.0 Å². The molecule has 1 aliphatic rings. The van der Waals surface area contributed by atoms with Crippen LogP contribution in [0.25, 0.3) is 0 Å². The summed E-state index contributed by atoms with van der Waals surface area (Å²) in [4.78, 5) is 0. The third-order valence-electron chi connectivity index (χ3n) is 3.15. The molecule has 3 N–H and O–H groups in total. The Balaban J connectivity index is 2.10. The van der Waals surface area contributed by atoms with Crippen LogP contribution >= 0.6 is 0 Å². The molecule has 0 aliphatic carbocycles. The van der Waals surface area contributed by atoms with Gasteiger partial charge < -0.3 is 11.1 Å². The number of sulfone groups is 1. The lowest BCUT2D eigenvalue weighted by molar-refractivity contribution is 0.591. The van der Waals surface area contributed by atoms with Crippen LogP contribution in [-0.2, 0) is 9.84 Å². The summed E-state index contributed by atoms with van der Waals surface area (Å²) >= 11 is 0. The fourth-order valence-electron chi connectivity index (χ4n) is 2.12. The van der Waals surface area contributed by atoms with Gasteiger partial charge in [0.05, 0.1) is 22.3 Å². The Kier molecular flexibility index (Phi) is 3.43. The van der Waals surface area contributed by atoms with Gasteiger partial charge in [-0.2, -0.15) is 5.26 Å². The first kappa shape index (κ1) is 12.7. The molecule has 1 heterocycles. The summed E-state index contributed by atoms with van der Waals surface area (Å²) in [5.41, 5.74) is 7.18. The van der Waals surface area contributed by atoms with Crippen LogP contribution in [0.15, 0.2) is 18.2 Å². The molecule has 0 amide bonds. The molecule has 18 heavy (non-hydrogen) atoms. The minimum atomic E-state index is -2.96. The summed E-state index contributed by atoms with van der Waals surface area (Å²) in [5, 5.41) is 11.7. The quantitative estimate of drug-likeness (QED) is 0.799. The molecule has 1 saturated heterocycles. The smallest absolute Gasteiger partial charge is 0.154 e. The van der Waals surface area contributed by atoms with Gasteiger partial charge in [0.2, 0.25) is 0 Å². The van der Waals surface area contributed by atoms with Crippen LogP contribution in [0.5, 0.6) is 0 Å². The maximum absolute atomic E-state index is 11.7. The predicted molar refractivity (Wildman–Crippen MR) is 70.9 cm³/mol. The van der Waals surface area contributed by atoms with Crippen LogP contribution in [0.3, 0.4) is 0 Å². The normalized spacial score (nSPS) is 21.4. The molecule has 0 saturated carbocycles. The van der Waals surface area contributed by atoms with Gasteiger partial charge in [-0.3, -0.25) is 0 Å². The van der Waals surface area contributed by atoms with Crippen molar-refractivity contribution < 1.29 is 8.42 Å². The van der Waals surface area contributed by atoms with Crippen molar-refractivity contribution in [1.82, 2.24) is 0 Å². The Hall–Kier alpha value is -1.74. The van der Waals surface area contributed by atoms with Crippen molar-refractivity contribution in [3.05, 3.63) is 23.8 Å². The molecular weight excluding hydrogens is 250 g/mol. The molecule has 96 valence electrons. The number of anilines is 2. The summed E-state index contributed by atoms with van der Waals surface area (Å²) in [6.45, 7) is 0.348. The Labute approximate surface area is 107 Å². The van der Waals surface area contributed by atoms with Gasteiger partial charge in [0.15, 0.2) is 9.84 Å². The number of rotatable bonds is 3. The van der Waals surface area contributed by atoms with E-state index in [-0.39, 0.29) is 11.0 Å². The van der Waals surface area contributed by atoms with Gasteiger partial charge in [-0.25, -0.2) is 8.42 Å². The summed E-state index contributed by atoms with van der Waals surface area (Å²) in [6, 6.07) is 7.01. The summed E-state index contributed by atoms with van der Waals surface area (Å²) in [6.07, 6.45) is 1.41. The number of benzene rings is 1. The molecule has 0 aromatic heterocycles. The molecule has 0 spiro atoms. The third kappa shape index (κ3) is 2.57. The highest BCUT2D eigenvalue weighted by Gasteiger charge is 2.30. The van der Waals surface area contributed by atoms with E-state index in [0.717, 1.165) is 6.42 Å². The lowest BCUT2D eigenvalue weighted by atomic mass is 10.1. The minimum Gasteiger partial charge on any atom is -0.399 e. The molecule has 0 bridgehead atoms. The number of nitrogens with zero attached hydrogens (tertiary/aromatic N) is 1.